The van der Waals surface area contributed by atoms with Crippen LogP contribution >= 0.6 is 11.3 Å². The molecular weight excluding hydrogens is 388 g/mol. The average Bonchev–Trinajstić information content (AvgIpc) is 3.03. The molecule has 0 saturated heterocycles. The maximum absolute atomic E-state index is 12.6. The topological polar surface area (TPSA) is 69.9 Å². The highest BCUT2D eigenvalue weighted by atomic mass is 32.1. The third-order valence-corrected chi connectivity index (χ3v) is 5.47. The van der Waals surface area contributed by atoms with Crippen molar-refractivity contribution in [2.75, 3.05) is 20.3 Å². The maximum atomic E-state index is 12.6. The molecule has 0 bridgehead atoms. The van der Waals surface area contributed by atoms with Gasteiger partial charge in [-0.1, -0.05) is 41.2 Å². The van der Waals surface area contributed by atoms with Crippen LogP contribution in [0.15, 0.2) is 47.5 Å². The number of esters is 1. The molecule has 0 radical (unpaired) electrons. The number of thiazole rings is 1. The summed E-state index contributed by atoms with van der Waals surface area (Å²) in [7, 11) is 1.36. The number of hydrogen-bond donors (Lipinski definition) is 0. The molecule has 2 aromatic carbocycles. The van der Waals surface area contributed by atoms with Crippen molar-refractivity contribution in [2.24, 2.45) is 4.99 Å². The van der Waals surface area contributed by atoms with Gasteiger partial charge in [0.2, 0.25) is 0 Å². The molecule has 0 N–H and O–H groups in total. The van der Waals surface area contributed by atoms with Crippen LogP contribution in [0.4, 0.5) is 0 Å². The summed E-state index contributed by atoms with van der Waals surface area (Å²) in [6, 6.07) is 13.2. The van der Waals surface area contributed by atoms with Gasteiger partial charge < -0.3 is 14.0 Å². The van der Waals surface area contributed by atoms with Crippen molar-refractivity contribution < 1.29 is 19.1 Å². The lowest BCUT2D eigenvalue weighted by Crippen LogP contribution is -2.20. The summed E-state index contributed by atoms with van der Waals surface area (Å²) < 4.78 is 13.1. The van der Waals surface area contributed by atoms with Gasteiger partial charge in [-0.05, 0) is 37.6 Å². The SMILES string of the molecule is CCOCCn1c(=NC(=O)Cc2cccc(C)c2)sc2cc(C(=O)OC)ccc21. The maximum Gasteiger partial charge on any atom is 0.337 e. The molecule has 3 rings (SSSR count). The molecule has 6 nitrogen and oxygen atoms in total. The molecule has 152 valence electrons. The number of aromatic nitrogens is 1. The van der Waals surface area contributed by atoms with Crippen LogP contribution in [0.25, 0.3) is 10.2 Å². The number of fused-ring (bicyclic) bond motifs is 1. The molecule has 0 aliphatic heterocycles. The van der Waals surface area contributed by atoms with Crippen LogP contribution in [0.1, 0.15) is 28.4 Å². The van der Waals surface area contributed by atoms with Crippen LogP contribution in [-0.4, -0.2) is 36.8 Å². The van der Waals surface area contributed by atoms with Crippen LogP contribution in [0.3, 0.4) is 0 Å². The molecule has 0 unspecified atom stereocenters. The Morgan fingerprint density at radius 3 is 2.72 bits per heavy atom. The van der Waals surface area contributed by atoms with Gasteiger partial charge in [-0.15, -0.1) is 0 Å². The number of ether oxygens (including phenoxy) is 2. The fourth-order valence-electron chi connectivity index (χ4n) is 3.06. The average molecular weight is 413 g/mol. The van der Waals surface area contributed by atoms with E-state index in [0.717, 1.165) is 21.3 Å². The smallest absolute Gasteiger partial charge is 0.337 e. The van der Waals surface area contributed by atoms with E-state index in [1.807, 2.05) is 48.7 Å². The summed E-state index contributed by atoms with van der Waals surface area (Å²) >= 11 is 1.38. The van der Waals surface area contributed by atoms with E-state index < -0.39 is 5.97 Å². The highest BCUT2D eigenvalue weighted by Gasteiger charge is 2.12. The third-order valence-electron chi connectivity index (χ3n) is 4.43. The van der Waals surface area contributed by atoms with Gasteiger partial charge in [-0.3, -0.25) is 4.79 Å². The van der Waals surface area contributed by atoms with Crippen LogP contribution in [0.2, 0.25) is 0 Å². The standard InChI is InChI=1S/C22H24N2O4S/c1-4-28-11-10-24-18-9-8-17(21(26)27-3)14-19(18)29-22(24)23-20(25)13-16-7-5-6-15(2)12-16/h5-9,12,14H,4,10-11,13H2,1-3H3. The van der Waals surface area contributed by atoms with Gasteiger partial charge in [0.1, 0.15) is 0 Å². The number of amides is 1. The lowest BCUT2D eigenvalue weighted by molar-refractivity contribution is -0.117. The zero-order valence-electron chi connectivity index (χ0n) is 16.8. The van der Waals surface area contributed by atoms with Crippen molar-refractivity contribution in [3.05, 3.63) is 64.0 Å². The molecule has 3 aromatic rings. The molecular formula is C22H24N2O4S. The molecule has 0 fully saturated rings. The van der Waals surface area contributed by atoms with Gasteiger partial charge >= 0.3 is 5.97 Å². The number of carbonyl (C=O) groups excluding carboxylic acids is 2. The second-order valence-corrected chi connectivity index (χ2v) is 7.59. The van der Waals surface area contributed by atoms with E-state index >= 15 is 0 Å². The number of rotatable bonds is 7. The Morgan fingerprint density at radius 2 is 2.00 bits per heavy atom. The predicted molar refractivity (Wildman–Crippen MR) is 113 cm³/mol. The number of benzene rings is 2. The van der Waals surface area contributed by atoms with Crippen molar-refractivity contribution in [3.63, 3.8) is 0 Å². The summed E-state index contributed by atoms with van der Waals surface area (Å²) in [5.41, 5.74) is 3.42. The second kappa shape index (κ2) is 9.62. The predicted octanol–water partition coefficient (Wildman–Crippen LogP) is 3.50. The molecule has 0 saturated carbocycles. The molecule has 1 aromatic heterocycles. The van der Waals surface area contributed by atoms with Gasteiger partial charge in [0.25, 0.3) is 5.91 Å². The molecule has 1 heterocycles. The Kier molecular flexibility index (Phi) is 6.95. The number of methoxy groups -OCH3 is 1. The molecule has 29 heavy (non-hydrogen) atoms. The van der Waals surface area contributed by atoms with Crippen LogP contribution in [0.5, 0.6) is 0 Å². The Balaban J connectivity index is 1.98. The van der Waals surface area contributed by atoms with E-state index in [-0.39, 0.29) is 12.3 Å². The van der Waals surface area contributed by atoms with E-state index in [9.17, 15) is 9.59 Å². The van der Waals surface area contributed by atoms with Gasteiger partial charge in [-0.25, -0.2) is 4.79 Å². The summed E-state index contributed by atoms with van der Waals surface area (Å²) in [5.74, 6) is -0.601. The lowest BCUT2D eigenvalue weighted by atomic mass is 10.1. The van der Waals surface area contributed by atoms with Gasteiger partial charge in [0, 0.05) is 13.2 Å². The van der Waals surface area contributed by atoms with Crippen LogP contribution < -0.4 is 4.80 Å². The number of aryl methyl sites for hydroxylation is 1. The van der Waals surface area contributed by atoms with Crippen LogP contribution in [0, 0.1) is 6.92 Å². The van der Waals surface area contributed by atoms with E-state index in [2.05, 4.69) is 4.99 Å². The first kappa shape index (κ1) is 21.0. The van der Waals surface area contributed by atoms with Crippen molar-refractivity contribution in [1.82, 2.24) is 4.57 Å². The minimum absolute atomic E-state index is 0.208. The fourth-order valence-corrected chi connectivity index (χ4v) is 4.18. The molecule has 0 aliphatic carbocycles. The highest BCUT2D eigenvalue weighted by Crippen LogP contribution is 2.20. The molecule has 0 atom stereocenters. The fraction of sp³-hybridized carbons (Fsp3) is 0.318. The molecule has 0 aliphatic rings. The lowest BCUT2D eigenvalue weighted by Gasteiger charge is -2.06. The van der Waals surface area contributed by atoms with E-state index in [0.29, 0.717) is 30.1 Å². The Bertz CT molecular complexity index is 1100. The van der Waals surface area contributed by atoms with Gasteiger partial charge in [0.05, 0.1) is 35.9 Å². The van der Waals surface area contributed by atoms with E-state index in [1.54, 1.807) is 12.1 Å². The van der Waals surface area contributed by atoms with Crippen molar-refractivity contribution in [3.8, 4) is 0 Å². The second-order valence-electron chi connectivity index (χ2n) is 6.58. The van der Waals surface area contributed by atoms with Gasteiger partial charge in [0.15, 0.2) is 4.80 Å². The summed E-state index contributed by atoms with van der Waals surface area (Å²) in [6.45, 7) is 5.64. The Morgan fingerprint density at radius 1 is 1.17 bits per heavy atom. The minimum atomic E-state index is -0.393. The first-order chi connectivity index (χ1) is 14.0. The largest absolute Gasteiger partial charge is 0.465 e. The number of hydrogen-bond acceptors (Lipinski definition) is 5. The number of nitrogens with zero attached hydrogens (tertiary/aromatic N) is 2. The monoisotopic (exact) mass is 412 g/mol. The Labute approximate surface area is 173 Å². The normalized spacial score (nSPS) is 11.8. The first-order valence-electron chi connectivity index (χ1n) is 9.44. The summed E-state index contributed by atoms with van der Waals surface area (Å²) in [4.78, 5) is 29.4. The molecule has 1 amide bonds. The zero-order chi connectivity index (χ0) is 20.8. The van der Waals surface area contributed by atoms with E-state index in [1.165, 1.54) is 18.4 Å². The highest BCUT2D eigenvalue weighted by molar-refractivity contribution is 7.16. The van der Waals surface area contributed by atoms with Crippen molar-refractivity contribution in [2.45, 2.75) is 26.8 Å². The zero-order valence-corrected chi connectivity index (χ0v) is 17.6. The summed E-state index contributed by atoms with van der Waals surface area (Å²) in [6.07, 6.45) is 0.245. The molecule has 7 heteroatoms. The van der Waals surface area contributed by atoms with Crippen LogP contribution in [-0.2, 0) is 27.2 Å². The Hall–Kier alpha value is -2.77. The minimum Gasteiger partial charge on any atom is -0.465 e. The van der Waals surface area contributed by atoms with Crippen molar-refractivity contribution in [1.29, 1.82) is 0 Å². The van der Waals surface area contributed by atoms with E-state index in [4.69, 9.17) is 9.47 Å². The third kappa shape index (κ3) is 5.19. The quantitative estimate of drug-likeness (QED) is 0.440. The first-order valence-corrected chi connectivity index (χ1v) is 10.3. The van der Waals surface area contributed by atoms with Gasteiger partial charge in [-0.2, -0.15) is 4.99 Å². The number of carbonyl (C=O) groups is 2. The molecule has 0 spiro atoms. The van der Waals surface area contributed by atoms with Crippen molar-refractivity contribution >= 4 is 33.4 Å². The summed E-state index contributed by atoms with van der Waals surface area (Å²) in [5, 5.41) is 0.